The highest BCUT2D eigenvalue weighted by molar-refractivity contribution is 4.66. The third kappa shape index (κ3) is 3.49. The van der Waals surface area contributed by atoms with Gasteiger partial charge in [-0.3, -0.25) is 0 Å². The molecule has 0 bridgehead atoms. The SMILES string of the molecule is COCCN(O)CC1CCCO1. The summed E-state index contributed by atoms with van der Waals surface area (Å²) in [7, 11) is 1.62. The molecule has 4 nitrogen and oxygen atoms in total. The average molecular weight is 175 g/mol. The van der Waals surface area contributed by atoms with Gasteiger partial charge in [0.1, 0.15) is 0 Å². The second kappa shape index (κ2) is 5.48. The Balaban J connectivity index is 2.03. The van der Waals surface area contributed by atoms with Crippen molar-refractivity contribution >= 4 is 0 Å². The molecule has 1 atom stereocenters. The molecular formula is C8H17NO3. The van der Waals surface area contributed by atoms with Crippen molar-refractivity contribution in [3.05, 3.63) is 0 Å². The van der Waals surface area contributed by atoms with E-state index in [1.54, 1.807) is 7.11 Å². The fourth-order valence-corrected chi connectivity index (χ4v) is 1.31. The van der Waals surface area contributed by atoms with E-state index in [-0.39, 0.29) is 6.10 Å². The van der Waals surface area contributed by atoms with E-state index >= 15 is 0 Å². The zero-order chi connectivity index (χ0) is 8.81. The predicted molar refractivity (Wildman–Crippen MR) is 44.2 cm³/mol. The van der Waals surface area contributed by atoms with Crippen LogP contribution in [0.1, 0.15) is 12.8 Å². The molecule has 1 aliphatic rings. The molecule has 0 spiro atoms. The zero-order valence-corrected chi connectivity index (χ0v) is 7.53. The Bertz CT molecular complexity index is 115. The second-order valence-corrected chi connectivity index (χ2v) is 3.04. The summed E-state index contributed by atoms with van der Waals surface area (Å²) in [5, 5.41) is 10.6. The van der Waals surface area contributed by atoms with Crippen molar-refractivity contribution < 1.29 is 14.7 Å². The molecule has 72 valence electrons. The van der Waals surface area contributed by atoms with Gasteiger partial charge in [0.15, 0.2) is 0 Å². The summed E-state index contributed by atoms with van der Waals surface area (Å²) in [5.41, 5.74) is 0. The fourth-order valence-electron chi connectivity index (χ4n) is 1.31. The lowest BCUT2D eigenvalue weighted by Crippen LogP contribution is -2.31. The summed E-state index contributed by atoms with van der Waals surface area (Å²) in [4.78, 5) is 0. The number of methoxy groups -OCH3 is 1. The molecule has 1 N–H and O–H groups in total. The third-order valence-electron chi connectivity index (χ3n) is 1.99. The van der Waals surface area contributed by atoms with Crippen molar-refractivity contribution in [1.29, 1.82) is 0 Å². The van der Waals surface area contributed by atoms with E-state index in [0.717, 1.165) is 19.4 Å². The first-order valence-electron chi connectivity index (χ1n) is 4.37. The molecule has 0 radical (unpaired) electrons. The summed E-state index contributed by atoms with van der Waals surface area (Å²) >= 11 is 0. The normalized spacial score (nSPS) is 23.8. The van der Waals surface area contributed by atoms with Gasteiger partial charge >= 0.3 is 0 Å². The third-order valence-corrected chi connectivity index (χ3v) is 1.99. The molecule has 0 aromatic rings. The minimum absolute atomic E-state index is 0.215. The molecular weight excluding hydrogens is 158 g/mol. The van der Waals surface area contributed by atoms with Crippen LogP contribution in [0.5, 0.6) is 0 Å². The molecule has 0 aromatic carbocycles. The Morgan fingerprint density at radius 3 is 3.08 bits per heavy atom. The zero-order valence-electron chi connectivity index (χ0n) is 7.53. The summed E-state index contributed by atoms with van der Waals surface area (Å²) in [6.07, 6.45) is 2.39. The van der Waals surface area contributed by atoms with Gasteiger partial charge in [-0.05, 0) is 12.8 Å². The topological polar surface area (TPSA) is 41.9 Å². The van der Waals surface area contributed by atoms with Crippen LogP contribution in [0.15, 0.2) is 0 Å². The number of nitrogens with zero attached hydrogens (tertiary/aromatic N) is 1. The van der Waals surface area contributed by atoms with Crippen molar-refractivity contribution in [3.63, 3.8) is 0 Å². The molecule has 0 aromatic heterocycles. The maximum absolute atomic E-state index is 9.31. The highest BCUT2D eigenvalue weighted by Gasteiger charge is 2.17. The number of rotatable bonds is 5. The summed E-state index contributed by atoms with van der Waals surface area (Å²) in [6.45, 7) is 2.55. The molecule has 4 heteroatoms. The van der Waals surface area contributed by atoms with Gasteiger partial charge in [-0.1, -0.05) is 0 Å². The molecule has 0 aliphatic carbocycles. The monoisotopic (exact) mass is 175 g/mol. The first kappa shape index (κ1) is 9.92. The van der Waals surface area contributed by atoms with Crippen LogP contribution in [0.4, 0.5) is 0 Å². The minimum atomic E-state index is 0.215. The number of hydroxylamine groups is 2. The second-order valence-electron chi connectivity index (χ2n) is 3.04. The average Bonchev–Trinajstić information content (AvgIpc) is 2.53. The lowest BCUT2D eigenvalue weighted by molar-refractivity contribution is -0.123. The standard InChI is InChI=1S/C8H17NO3/c1-11-6-4-9(10)7-8-3-2-5-12-8/h8,10H,2-7H2,1H3. The van der Waals surface area contributed by atoms with Gasteiger partial charge < -0.3 is 14.7 Å². The van der Waals surface area contributed by atoms with Crippen LogP contribution in [-0.2, 0) is 9.47 Å². The minimum Gasteiger partial charge on any atom is -0.383 e. The molecule has 1 rings (SSSR count). The van der Waals surface area contributed by atoms with Crippen molar-refractivity contribution in [2.24, 2.45) is 0 Å². The smallest absolute Gasteiger partial charge is 0.0726 e. The maximum atomic E-state index is 9.31. The fraction of sp³-hybridized carbons (Fsp3) is 1.00. The van der Waals surface area contributed by atoms with E-state index in [0.29, 0.717) is 19.7 Å². The first-order chi connectivity index (χ1) is 5.83. The highest BCUT2D eigenvalue weighted by atomic mass is 16.5. The van der Waals surface area contributed by atoms with Crippen LogP contribution >= 0.6 is 0 Å². The van der Waals surface area contributed by atoms with E-state index < -0.39 is 0 Å². The quantitative estimate of drug-likeness (QED) is 0.618. The van der Waals surface area contributed by atoms with Crippen LogP contribution in [-0.4, -0.2) is 49.8 Å². The van der Waals surface area contributed by atoms with Gasteiger partial charge in [0, 0.05) is 20.3 Å². The molecule has 1 unspecified atom stereocenters. The summed E-state index contributed by atoms with van der Waals surface area (Å²) < 4.78 is 10.2. The number of ether oxygens (including phenoxy) is 2. The van der Waals surface area contributed by atoms with E-state index in [9.17, 15) is 5.21 Å². The number of hydrogen-bond donors (Lipinski definition) is 1. The van der Waals surface area contributed by atoms with Crippen LogP contribution in [0.25, 0.3) is 0 Å². The molecule has 0 amide bonds. The van der Waals surface area contributed by atoms with Gasteiger partial charge in [0.05, 0.1) is 19.3 Å². The Kier molecular flexibility index (Phi) is 4.53. The van der Waals surface area contributed by atoms with Crippen LogP contribution in [0.3, 0.4) is 0 Å². The van der Waals surface area contributed by atoms with Gasteiger partial charge in [-0.2, -0.15) is 5.06 Å². The first-order valence-corrected chi connectivity index (χ1v) is 4.37. The molecule has 0 saturated carbocycles. The Morgan fingerprint density at radius 1 is 1.67 bits per heavy atom. The lowest BCUT2D eigenvalue weighted by Gasteiger charge is -2.17. The van der Waals surface area contributed by atoms with Crippen LogP contribution in [0, 0.1) is 0 Å². The van der Waals surface area contributed by atoms with E-state index in [1.165, 1.54) is 5.06 Å². The maximum Gasteiger partial charge on any atom is 0.0726 e. The summed E-state index contributed by atoms with van der Waals surface area (Å²) in [6, 6.07) is 0. The van der Waals surface area contributed by atoms with Gasteiger partial charge in [-0.25, -0.2) is 0 Å². The molecule has 1 aliphatic heterocycles. The van der Waals surface area contributed by atoms with E-state index in [4.69, 9.17) is 9.47 Å². The lowest BCUT2D eigenvalue weighted by atomic mass is 10.2. The number of hydrogen-bond acceptors (Lipinski definition) is 4. The van der Waals surface area contributed by atoms with Crippen molar-refractivity contribution in [2.45, 2.75) is 18.9 Å². The Labute approximate surface area is 73.0 Å². The Morgan fingerprint density at radius 2 is 2.50 bits per heavy atom. The van der Waals surface area contributed by atoms with Gasteiger partial charge in [0.25, 0.3) is 0 Å². The largest absolute Gasteiger partial charge is 0.383 e. The molecule has 1 saturated heterocycles. The van der Waals surface area contributed by atoms with E-state index in [2.05, 4.69) is 0 Å². The van der Waals surface area contributed by atoms with Crippen molar-refractivity contribution in [1.82, 2.24) is 5.06 Å². The molecule has 1 fully saturated rings. The summed E-state index contributed by atoms with van der Waals surface area (Å²) in [5.74, 6) is 0. The van der Waals surface area contributed by atoms with Gasteiger partial charge in [-0.15, -0.1) is 0 Å². The van der Waals surface area contributed by atoms with E-state index in [1.807, 2.05) is 0 Å². The Hall–Kier alpha value is -0.160. The van der Waals surface area contributed by atoms with Crippen LogP contribution < -0.4 is 0 Å². The highest BCUT2D eigenvalue weighted by Crippen LogP contribution is 2.12. The molecule has 12 heavy (non-hydrogen) atoms. The molecule has 1 heterocycles. The van der Waals surface area contributed by atoms with Crippen molar-refractivity contribution in [3.8, 4) is 0 Å². The van der Waals surface area contributed by atoms with Gasteiger partial charge in [0.2, 0.25) is 0 Å². The van der Waals surface area contributed by atoms with Crippen molar-refractivity contribution in [2.75, 3.05) is 33.4 Å². The van der Waals surface area contributed by atoms with Crippen LogP contribution in [0.2, 0.25) is 0 Å². The predicted octanol–water partition coefficient (Wildman–Crippen LogP) is 0.503.